The molecule has 11 atom stereocenters. The molecule has 4 aliphatic rings. The number of phenols is 2. The van der Waals surface area contributed by atoms with Crippen molar-refractivity contribution in [1.29, 1.82) is 0 Å². The SMILES string of the molecule is COc1cccc2c1C(=O)c1c(O)c3c(c(O)c1C2=O)C[C@@](O)(C(=O)CO)C[C@@H]3O[C@H]1C[C@H](NC(=O)OCc2ccc(NC(=O)C[C@@H]3O[C@H](C(=O)O)[C@@H](O)[C@H](O)[C@H]3O)cc2)[C@H](O)[C@H](C)O1. The molecule has 348 valence electrons. The molecule has 2 heterocycles. The van der Waals surface area contributed by atoms with Crippen molar-refractivity contribution in [1.82, 2.24) is 5.32 Å². The highest BCUT2D eigenvalue weighted by Crippen LogP contribution is 2.52. The lowest BCUT2D eigenvalue weighted by Crippen LogP contribution is -2.60. The number of Topliss-reactive ketones (excluding diaryl/α,β-unsaturated/α-hetero) is 1. The second-order valence-electron chi connectivity index (χ2n) is 16.2. The molecule has 3 aromatic rings. The molecule has 65 heavy (non-hydrogen) atoms. The number of ether oxygens (including phenoxy) is 5. The van der Waals surface area contributed by atoms with Crippen LogP contribution in [0.15, 0.2) is 42.5 Å². The maximum Gasteiger partial charge on any atom is 0.407 e. The summed E-state index contributed by atoms with van der Waals surface area (Å²) in [5.41, 5.74) is -3.71. The molecule has 2 aliphatic heterocycles. The van der Waals surface area contributed by atoms with Gasteiger partial charge in [0.2, 0.25) is 11.7 Å². The van der Waals surface area contributed by atoms with Crippen molar-refractivity contribution in [2.45, 2.75) is 106 Å². The fraction of sp³-hybridized carbons (Fsp3) is 0.442. The number of carboxylic acid groups (broad SMARTS) is 1. The molecule has 2 amide bonds. The third-order valence-electron chi connectivity index (χ3n) is 12.0. The number of ketones is 3. The Labute approximate surface area is 367 Å². The van der Waals surface area contributed by atoms with Gasteiger partial charge in [-0.25, -0.2) is 9.59 Å². The molecule has 2 aliphatic carbocycles. The number of aliphatic hydroxyl groups excluding tert-OH is 5. The average molecular weight is 911 g/mol. The summed E-state index contributed by atoms with van der Waals surface area (Å²) in [6.07, 6.45) is -17.3. The molecule has 0 bridgehead atoms. The van der Waals surface area contributed by atoms with Crippen molar-refractivity contribution < 1.29 is 98.4 Å². The molecule has 7 rings (SSSR count). The number of methoxy groups -OCH3 is 1. The second kappa shape index (κ2) is 18.4. The molecular formula is C43H46N2O20. The van der Waals surface area contributed by atoms with Gasteiger partial charge in [-0.1, -0.05) is 24.3 Å². The van der Waals surface area contributed by atoms with Gasteiger partial charge in [0.15, 0.2) is 24.0 Å². The van der Waals surface area contributed by atoms with Crippen molar-refractivity contribution in [2.75, 3.05) is 19.0 Å². The van der Waals surface area contributed by atoms with E-state index in [0.717, 1.165) is 0 Å². The molecular weight excluding hydrogens is 864 g/mol. The van der Waals surface area contributed by atoms with E-state index in [9.17, 15) is 74.7 Å². The average Bonchev–Trinajstić information content (AvgIpc) is 3.27. The van der Waals surface area contributed by atoms with E-state index in [1.54, 1.807) is 0 Å². The molecule has 2 fully saturated rings. The number of phenolic OH excluding ortho intramolecular Hbond substituents is 2. The minimum Gasteiger partial charge on any atom is -0.507 e. The fourth-order valence-electron chi connectivity index (χ4n) is 8.60. The third kappa shape index (κ3) is 8.87. The number of amides is 2. The number of fused-ring (bicyclic) bond motifs is 3. The largest absolute Gasteiger partial charge is 0.507 e. The zero-order valence-corrected chi connectivity index (χ0v) is 34.6. The summed E-state index contributed by atoms with van der Waals surface area (Å²) in [6, 6.07) is 9.02. The van der Waals surface area contributed by atoms with E-state index in [0.29, 0.717) is 5.56 Å². The van der Waals surface area contributed by atoms with Crippen LogP contribution in [0.25, 0.3) is 0 Å². The monoisotopic (exact) mass is 910 g/mol. The van der Waals surface area contributed by atoms with Gasteiger partial charge in [0, 0.05) is 41.6 Å². The Balaban J connectivity index is 1.02. The summed E-state index contributed by atoms with van der Waals surface area (Å²) in [4.78, 5) is 77.8. The summed E-state index contributed by atoms with van der Waals surface area (Å²) in [5.74, 6) is -6.66. The number of aromatic hydroxyl groups is 2. The highest BCUT2D eigenvalue weighted by atomic mass is 16.7. The molecule has 22 nitrogen and oxygen atoms in total. The van der Waals surface area contributed by atoms with Crippen molar-refractivity contribution in [3.8, 4) is 17.2 Å². The summed E-state index contributed by atoms with van der Waals surface area (Å²) in [7, 11) is 1.28. The van der Waals surface area contributed by atoms with Crippen LogP contribution in [0.1, 0.15) is 80.8 Å². The summed E-state index contributed by atoms with van der Waals surface area (Å²) < 4.78 is 27.9. The molecule has 0 radical (unpaired) electrons. The van der Waals surface area contributed by atoms with E-state index in [1.807, 2.05) is 0 Å². The lowest BCUT2D eigenvalue weighted by atomic mass is 9.72. The van der Waals surface area contributed by atoms with Gasteiger partial charge in [-0.2, -0.15) is 0 Å². The van der Waals surface area contributed by atoms with Gasteiger partial charge in [-0.15, -0.1) is 0 Å². The van der Waals surface area contributed by atoms with Crippen molar-refractivity contribution in [3.63, 3.8) is 0 Å². The molecule has 11 N–H and O–H groups in total. The summed E-state index contributed by atoms with van der Waals surface area (Å²) in [6.45, 7) is 0.0352. The number of hydrogen-bond donors (Lipinski definition) is 11. The van der Waals surface area contributed by atoms with Gasteiger partial charge in [0.1, 0.15) is 60.5 Å². The van der Waals surface area contributed by atoms with Gasteiger partial charge in [-0.05, 0) is 30.7 Å². The fourth-order valence-corrected chi connectivity index (χ4v) is 8.60. The van der Waals surface area contributed by atoms with Crippen molar-refractivity contribution in [3.05, 3.63) is 81.4 Å². The van der Waals surface area contributed by atoms with E-state index < -0.39 is 151 Å². The van der Waals surface area contributed by atoms with Gasteiger partial charge >= 0.3 is 12.1 Å². The van der Waals surface area contributed by atoms with Crippen LogP contribution in [0.3, 0.4) is 0 Å². The van der Waals surface area contributed by atoms with Crippen LogP contribution in [0.5, 0.6) is 17.2 Å². The Hall–Kier alpha value is -6.08. The normalized spacial score (nSPS) is 29.4. The van der Waals surface area contributed by atoms with E-state index in [-0.39, 0.29) is 46.7 Å². The Bertz CT molecular complexity index is 2410. The van der Waals surface area contributed by atoms with Crippen LogP contribution in [0.2, 0.25) is 0 Å². The van der Waals surface area contributed by atoms with E-state index in [1.165, 1.54) is 56.5 Å². The minimum absolute atomic E-state index is 0.0226. The quantitative estimate of drug-likeness (QED) is 0.0778. The number of aliphatic hydroxyl groups is 6. The number of carbonyl (C=O) groups is 6. The summed E-state index contributed by atoms with van der Waals surface area (Å²) in [5, 5.41) is 100. The Morgan fingerprint density at radius 3 is 2.23 bits per heavy atom. The number of carbonyl (C=O) groups excluding carboxylic acids is 5. The highest BCUT2D eigenvalue weighted by molar-refractivity contribution is 6.31. The lowest BCUT2D eigenvalue weighted by Gasteiger charge is -2.42. The maximum atomic E-state index is 14.0. The third-order valence-corrected chi connectivity index (χ3v) is 12.0. The molecule has 0 aromatic heterocycles. The lowest BCUT2D eigenvalue weighted by molar-refractivity contribution is -0.249. The molecule has 3 aromatic carbocycles. The van der Waals surface area contributed by atoms with Crippen LogP contribution >= 0.6 is 0 Å². The number of rotatable bonds is 12. The van der Waals surface area contributed by atoms with Crippen LogP contribution in [0, 0.1) is 0 Å². The molecule has 2 saturated heterocycles. The predicted molar refractivity (Wildman–Crippen MR) is 215 cm³/mol. The number of aliphatic carboxylic acids is 1. The maximum absolute atomic E-state index is 14.0. The molecule has 0 saturated carbocycles. The van der Waals surface area contributed by atoms with E-state index in [2.05, 4.69) is 10.6 Å². The minimum atomic E-state index is -2.41. The highest BCUT2D eigenvalue weighted by Gasteiger charge is 2.51. The Morgan fingerprint density at radius 1 is 0.877 bits per heavy atom. The predicted octanol–water partition coefficient (Wildman–Crippen LogP) is -0.768. The number of nitrogens with one attached hydrogen (secondary N) is 2. The number of hydrogen-bond acceptors (Lipinski definition) is 19. The first kappa shape index (κ1) is 46.9. The second-order valence-corrected chi connectivity index (χ2v) is 16.2. The number of benzene rings is 3. The van der Waals surface area contributed by atoms with Gasteiger partial charge in [0.25, 0.3) is 0 Å². The molecule has 0 spiro atoms. The molecule has 22 heteroatoms. The Morgan fingerprint density at radius 2 is 1.57 bits per heavy atom. The van der Waals surface area contributed by atoms with Gasteiger partial charge in [0.05, 0.1) is 54.6 Å². The first-order chi connectivity index (χ1) is 30.8. The van der Waals surface area contributed by atoms with E-state index >= 15 is 0 Å². The number of anilines is 1. The topological polar surface area (TPSA) is 355 Å². The molecule has 0 unspecified atom stereocenters. The van der Waals surface area contributed by atoms with Gasteiger partial charge < -0.3 is 80.3 Å². The van der Waals surface area contributed by atoms with Crippen LogP contribution < -0.4 is 15.4 Å². The van der Waals surface area contributed by atoms with Crippen molar-refractivity contribution >= 4 is 41.0 Å². The number of alkyl carbamates (subject to hydrolysis) is 1. The smallest absolute Gasteiger partial charge is 0.407 e. The van der Waals surface area contributed by atoms with E-state index in [4.69, 9.17) is 23.7 Å². The van der Waals surface area contributed by atoms with Crippen molar-refractivity contribution in [2.24, 2.45) is 0 Å². The Kier molecular flexibility index (Phi) is 13.3. The summed E-state index contributed by atoms with van der Waals surface area (Å²) >= 11 is 0. The number of carboxylic acids is 1. The zero-order chi connectivity index (χ0) is 47.2. The van der Waals surface area contributed by atoms with Crippen LogP contribution in [0.4, 0.5) is 10.5 Å². The first-order valence-electron chi connectivity index (χ1n) is 20.3. The standard InChI is InChI=1S/C43H46N2O20/c1-16-32(49)21(45-42(59)62-15-17-6-8-18(9-7-17)44-26(48)11-23-35(52)38(55)39(56)40(65-23)41(57)58)10-27(63-16)64-24-13-43(60,25(47)14-46)12-20-29(24)37(54)31-30(34(20)51)33(50)19-4-3-5-22(61-2)28(19)36(31)53/h3-9,16,21,23-24,27,32,35,38-40,46,49,51-52,54-56,60H,10-15H2,1-2H3,(H,44,48)(H,45,59)(H,57,58)/t16-,21-,23-,24-,27-,32+,35-,38+,39-,40-,43-/m0/s1. The van der Waals surface area contributed by atoms with Crippen LogP contribution in [-0.4, -0.2) is 156 Å². The first-order valence-corrected chi connectivity index (χ1v) is 20.3. The van der Waals surface area contributed by atoms with Gasteiger partial charge in [-0.3, -0.25) is 19.2 Å². The van der Waals surface area contributed by atoms with Crippen LogP contribution in [-0.2, 0) is 46.4 Å². The zero-order valence-electron chi connectivity index (χ0n) is 34.6.